The zero-order valence-electron chi connectivity index (χ0n) is 7.07. The molecule has 0 aromatic heterocycles. The fourth-order valence-corrected chi connectivity index (χ4v) is 1.05. The number of rotatable bonds is 3. The molecule has 54 valence electrons. The summed E-state index contributed by atoms with van der Waals surface area (Å²) in [5.74, 6) is 0.719. The van der Waals surface area contributed by atoms with E-state index in [-0.39, 0.29) is 0 Å². The highest BCUT2D eigenvalue weighted by Gasteiger charge is 1.88. The standard InChI is InChI=1S/C9H18/c1-5-6-9(4)7-8(2)3/h7-8H,5-6H2,1-4H3/b9-7+. The van der Waals surface area contributed by atoms with E-state index in [9.17, 15) is 0 Å². The van der Waals surface area contributed by atoms with Gasteiger partial charge < -0.3 is 0 Å². The monoisotopic (exact) mass is 126 g/mol. The van der Waals surface area contributed by atoms with Crippen LogP contribution in [0.3, 0.4) is 0 Å². The summed E-state index contributed by atoms with van der Waals surface area (Å²) in [5.41, 5.74) is 1.53. The third-order valence-corrected chi connectivity index (χ3v) is 1.26. The van der Waals surface area contributed by atoms with Gasteiger partial charge in [-0.05, 0) is 19.3 Å². The van der Waals surface area contributed by atoms with Crippen molar-refractivity contribution in [1.29, 1.82) is 0 Å². The minimum atomic E-state index is 0.719. The molecule has 0 fully saturated rings. The van der Waals surface area contributed by atoms with Gasteiger partial charge in [0.25, 0.3) is 0 Å². The van der Waals surface area contributed by atoms with E-state index in [1.54, 1.807) is 0 Å². The topological polar surface area (TPSA) is 0 Å². The molecule has 0 saturated carbocycles. The quantitative estimate of drug-likeness (QED) is 0.508. The maximum atomic E-state index is 2.34. The molecule has 0 heterocycles. The van der Waals surface area contributed by atoms with Crippen LogP contribution in [0.15, 0.2) is 11.6 Å². The van der Waals surface area contributed by atoms with Gasteiger partial charge in [0.05, 0.1) is 0 Å². The Balaban J connectivity index is 3.55. The SMILES string of the molecule is CCC/C(C)=C/C(C)C. The van der Waals surface area contributed by atoms with Crippen LogP contribution in [0.25, 0.3) is 0 Å². The Labute approximate surface area is 59.0 Å². The lowest BCUT2D eigenvalue weighted by Gasteiger charge is -1.99. The molecule has 0 spiro atoms. The zero-order valence-corrected chi connectivity index (χ0v) is 7.07. The highest BCUT2D eigenvalue weighted by molar-refractivity contribution is 4.98. The van der Waals surface area contributed by atoms with Crippen molar-refractivity contribution >= 4 is 0 Å². The van der Waals surface area contributed by atoms with Crippen LogP contribution in [0.5, 0.6) is 0 Å². The van der Waals surface area contributed by atoms with Crippen molar-refractivity contribution in [3.05, 3.63) is 11.6 Å². The van der Waals surface area contributed by atoms with Crippen molar-refractivity contribution in [2.24, 2.45) is 5.92 Å². The van der Waals surface area contributed by atoms with Crippen molar-refractivity contribution in [3.63, 3.8) is 0 Å². The largest absolute Gasteiger partial charge is 0.0830 e. The fourth-order valence-electron chi connectivity index (χ4n) is 1.05. The Morgan fingerprint density at radius 1 is 1.44 bits per heavy atom. The van der Waals surface area contributed by atoms with Crippen LogP contribution < -0.4 is 0 Å². The van der Waals surface area contributed by atoms with E-state index in [1.807, 2.05) is 0 Å². The number of allylic oxidation sites excluding steroid dienone is 2. The predicted molar refractivity (Wildman–Crippen MR) is 43.5 cm³/mol. The lowest BCUT2D eigenvalue weighted by atomic mass is 10.1. The van der Waals surface area contributed by atoms with E-state index < -0.39 is 0 Å². The van der Waals surface area contributed by atoms with E-state index in [0.717, 1.165) is 5.92 Å². The van der Waals surface area contributed by atoms with Gasteiger partial charge in [-0.2, -0.15) is 0 Å². The van der Waals surface area contributed by atoms with Crippen LogP contribution >= 0.6 is 0 Å². The molecule has 0 aliphatic heterocycles. The first kappa shape index (κ1) is 8.74. The molecule has 0 bridgehead atoms. The summed E-state index contributed by atoms with van der Waals surface area (Å²) >= 11 is 0. The molecule has 0 aromatic carbocycles. The molecule has 0 aromatic rings. The highest BCUT2D eigenvalue weighted by atomic mass is 14.0. The Morgan fingerprint density at radius 2 is 2.00 bits per heavy atom. The fraction of sp³-hybridized carbons (Fsp3) is 0.778. The van der Waals surface area contributed by atoms with E-state index in [1.165, 1.54) is 18.4 Å². The van der Waals surface area contributed by atoms with Crippen LogP contribution in [0.4, 0.5) is 0 Å². The molecule has 0 unspecified atom stereocenters. The van der Waals surface area contributed by atoms with Crippen molar-refractivity contribution in [1.82, 2.24) is 0 Å². The van der Waals surface area contributed by atoms with Gasteiger partial charge in [0.1, 0.15) is 0 Å². The van der Waals surface area contributed by atoms with Crippen LogP contribution in [0, 0.1) is 5.92 Å². The highest BCUT2D eigenvalue weighted by Crippen LogP contribution is 2.06. The number of hydrogen-bond acceptors (Lipinski definition) is 0. The summed E-state index contributed by atoms with van der Waals surface area (Å²) in [6.07, 6.45) is 4.87. The average Bonchev–Trinajstić information content (AvgIpc) is 1.63. The summed E-state index contributed by atoms with van der Waals surface area (Å²) in [6, 6.07) is 0. The van der Waals surface area contributed by atoms with E-state index in [2.05, 4.69) is 33.8 Å². The minimum absolute atomic E-state index is 0.719. The second-order valence-electron chi connectivity index (χ2n) is 3.01. The first-order chi connectivity index (χ1) is 4.16. The molecule has 0 radical (unpaired) electrons. The molecule has 0 rings (SSSR count). The second-order valence-corrected chi connectivity index (χ2v) is 3.01. The molecule has 0 N–H and O–H groups in total. The summed E-state index contributed by atoms with van der Waals surface area (Å²) < 4.78 is 0. The zero-order chi connectivity index (χ0) is 7.28. The van der Waals surface area contributed by atoms with Crippen molar-refractivity contribution in [2.75, 3.05) is 0 Å². The van der Waals surface area contributed by atoms with Gasteiger partial charge in [-0.25, -0.2) is 0 Å². The Bertz CT molecular complexity index is 88.2. The molecular weight excluding hydrogens is 108 g/mol. The van der Waals surface area contributed by atoms with Gasteiger partial charge in [-0.1, -0.05) is 38.8 Å². The molecule has 0 saturated heterocycles. The first-order valence-electron chi connectivity index (χ1n) is 3.84. The third kappa shape index (κ3) is 5.61. The third-order valence-electron chi connectivity index (χ3n) is 1.26. The Kier molecular flexibility index (Phi) is 4.47. The molecule has 0 nitrogen and oxygen atoms in total. The molecule has 0 aliphatic rings. The van der Waals surface area contributed by atoms with E-state index in [0.29, 0.717) is 0 Å². The van der Waals surface area contributed by atoms with Gasteiger partial charge in [0.15, 0.2) is 0 Å². The van der Waals surface area contributed by atoms with Gasteiger partial charge in [0.2, 0.25) is 0 Å². The smallest absolute Gasteiger partial charge is 0.0288 e. The minimum Gasteiger partial charge on any atom is -0.0830 e. The van der Waals surface area contributed by atoms with Gasteiger partial charge >= 0.3 is 0 Å². The second kappa shape index (κ2) is 4.60. The van der Waals surface area contributed by atoms with Crippen molar-refractivity contribution < 1.29 is 0 Å². The Morgan fingerprint density at radius 3 is 2.33 bits per heavy atom. The molecule has 0 aliphatic carbocycles. The first-order valence-corrected chi connectivity index (χ1v) is 3.84. The van der Waals surface area contributed by atoms with Crippen LogP contribution in [0.1, 0.15) is 40.5 Å². The maximum absolute atomic E-state index is 2.34. The van der Waals surface area contributed by atoms with Crippen molar-refractivity contribution in [3.8, 4) is 0 Å². The molecule has 0 amide bonds. The lowest BCUT2D eigenvalue weighted by Crippen LogP contribution is -1.82. The molecular formula is C9H18. The van der Waals surface area contributed by atoms with Crippen molar-refractivity contribution in [2.45, 2.75) is 40.5 Å². The lowest BCUT2D eigenvalue weighted by molar-refractivity contribution is 0.798. The van der Waals surface area contributed by atoms with Crippen LogP contribution in [-0.4, -0.2) is 0 Å². The van der Waals surface area contributed by atoms with Crippen LogP contribution in [0.2, 0.25) is 0 Å². The van der Waals surface area contributed by atoms with Gasteiger partial charge in [-0.15, -0.1) is 0 Å². The predicted octanol–water partition coefficient (Wildman–Crippen LogP) is 3.39. The summed E-state index contributed by atoms with van der Waals surface area (Å²) in [4.78, 5) is 0. The maximum Gasteiger partial charge on any atom is -0.0288 e. The van der Waals surface area contributed by atoms with Gasteiger partial charge in [-0.3, -0.25) is 0 Å². The summed E-state index contributed by atoms with van der Waals surface area (Å²) in [7, 11) is 0. The molecule has 9 heavy (non-hydrogen) atoms. The normalized spacial score (nSPS) is 12.8. The van der Waals surface area contributed by atoms with Crippen LogP contribution in [-0.2, 0) is 0 Å². The molecule has 0 atom stereocenters. The Hall–Kier alpha value is -0.260. The summed E-state index contributed by atoms with van der Waals surface area (Å²) in [6.45, 7) is 8.87. The van der Waals surface area contributed by atoms with E-state index in [4.69, 9.17) is 0 Å². The number of hydrogen-bond donors (Lipinski definition) is 0. The molecule has 0 heteroatoms. The van der Waals surface area contributed by atoms with Gasteiger partial charge in [0, 0.05) is 0 Å². The average molecular weight is 126 g/mol. The summed E-state index contributed by atoms with van der Waals surface area (Å²) in [5, 5.41) is 0. The van der Waals surface area contributed by atoms with E-state index >= 15 is 0 Å².